The molecule has 4 rings (SSSR count). The van der Waals surface area contributed by atoms with Crippen LogP contribution in [-0.4, -0.2) is 53.7 Å². The molecule has 32 heavy (non-hydrogen) atoms. The molecule has 1 heterocycles. The SMILES string of the molecule is C[C@@H]1CN(C(=O)[C@@H](C)NC(=O)OCC2c3ccccc3-c3ccccc32)C[C@H]1CC(=O)O. The Morgan fingerprint density at radius 2 is 1.66 bits per heavy atom. The maximum atomic E-state index is 12.8. The number of carboxylic acid groups (broad SMARTS) is 1. The number of amides is 2. The van der Waals surface area contributed by atoms with Crippen molar-refractivity contribution in [1.29, 1.82) is 0 Å². The second-order valence-corrected chi connectivity index (χ2v) is 8.77. The molecule has 0 unspecified atom stereocenters. The van der Waals surface area contributed by atoms with E-state index < -0.39 is 18.1 Å². The number of carboxylic acids is 1. The fraction of sp³-hybridized carbons (Fsp3) is 0.400. The molecule has 1 fully saturated rings. The number of hydrogen-bond acceptors (Lipinski definition) is 4. The minimum absolute atomic E-state index is 0.0408. The highest BCUT2D eigenvalue weighted by molar-refractivity contribution is 5.85. The van der Waals surface area contributed by atoms with Gasteiger partial charge in [0, 0.05) is 19.0 Å². The Morgan fingerprint density at radius 3 is 2.25 bits per heavy atom. The summed E-state index contributed by atoms with van der Waals surface area (Å²) < 4.78 is 5.52. The predicted octanol–water partition coefficient (Wildman–Crippen LogP) is 3.48. The standard InChI is InChI=1S/C25H28N2O5/c1-15-12-27(13-17(15)11-23(28)29)24(30)16(2)26-25(31)32-14-22-20-9-5-3-7-18(20)19-8-4-6-10-21(19)22/h3-10,15-17,22H,11-14H2,1-2H3,(H,26,31)(H,28,29)/t15-,16-,17-/m1/s1. The highest BCUT2D eigenvalue weighted by Crippen LogP contribution is 2.44. The van der Waals surface area contributed by atoms with Crippen LogP contribution in [0, 0.1) is 11.8 Å². The van der Waals surface area contributed by atoms with Crippen LogP contribution in [0.3, 0.4) is 0 Å². The van der Waals surface area contributed by atoms with E-state index in [9.17, 15) is 14.4 Å². The normalized spacial score (nSPS) is 20.4. The zero-order valence-electron chi connectivity index (χ0n) is 18.3. The molecule has 2 amide bonds. The Morgan fingerprint density at radius 1 is 1.06 bits per heavy atom. The van der Waals surface area contributed by atoms with Crippen molar-refractivity contribution in [2.45, 2.75) is 32.2 Å². The summed E-state index contributed by atoms with van der Waals surface area (Å²) >= 11 is 0. The highest BCUT2D eigenvalue weighted by atomic mass is 16.5. The molecule has 1 aliphatic heterocycles. The number of alkyl carbamates (subject to hydrolysis) is 1. The van der Waals surface area contributed by atoms with Crippen LogP contribution in [0.25, 0.3) is 11.1 Å². The highest BCUT2D eigenvalue weighted by Gasteiger charge is 2.36. The summed E-state index contributed by atoms with van der Waals surface area (Å²) in [5.41, 5.74) is 4.56. The number of nitrogens with zero attached hydrogens (tertiary/aromatic N) is 1. The molecule has 2 aliphatic rings. The maximum absolute atomic E-state index is 12.8. The lowest BCUT2D eigenvalue weighted by Gasteiger charge is -2.22. The quantitative estimate of drug-likeness (QED) is 0.723. The van der Waals surface area contributed by atoms with E-state index in [2.05, 4.69) is 29.6 Å². The first-order chi connectivity index (χ1) is 15.3. The van der Waals surface area contributed by atoms with E-state index in [1.165, 1.54) is 0 Å². The molecule has 1 aliphatic carbocycles. The number of rotatable bonds is 6. The number of hydrogen-bond donors (Lipinski definition) is 2. The zero-order chi connectivity index (χ0) is 22.8. The minimum Gasteiger partial charge on any atom is -0.481 e. The second-order valence-electron chi connectivity index (χ2n) is 8.77. The Bertz CT molecular complexity index is 991. The Kier molecular flexibility index (Phi) is 6.17. The molecule has 7 heteroatoms. The molecule has 7 nitrogen and oxygen atoms in total. The Hall–Kier alpha value is -3.35. The lowest BCUT2D eigenvalue weighted by atomic mass is 9.95. The van der Waals surface area contributed by atoms with E-state index in [1.54, 1.807) is 11.8 Å². The molecule has 2 aromatic rings. The molecule has 168 valence electrons. The third kappa shape index (κ3) is 4.33. The maximum Gasteiger partial charge on any atom is 0.407 e. The second kappa shape index (κ2) is 9.02. The number of ether oxygens (including phenoxy) is 1. The van der Waals surface area contributed by atoms with Crippen molar-refractivity contribution in [2.24, 2.45) is 11.8 Å². The van der Waals surface area contributed by atoms with Gasteiger partial charge in [0.15, 0.2) is 0 Å². The van der Waals surface area contributed by atoms with Gasteiger partial charge in [-0.3, -0.25) is 9.59 Å². The summed E-state index contributed by atoms with van der Waals surface area (Å²) in [6, 6.07) is 15.5. The van der Waals surface area contributed by atoms with Gasteiger partial charge in [-0.15, -0.1) is 0 Å². The molecular formula is C25H28N2O5. The Labute approximate surface area is 187 Å². The van der Waals surface area contributed by atoms with Gasteiger partial charge in [0.25, 0.3) is 0 Å². The van der Waals surface area contributed by atoms with Gasteiger partial charge in [0.05, 0.1) is 6.42 Å². The van der Waals surface area contributed by atoms with Crippen LogP contribution >= 0.6 is 0 Å². The fourth-order valence-electron chi connectivity index (χ4n) is 4.86. The number of nitrogens with one attached hydrogen (secondary N) is 1. The fourth-order valence-corrected chi connectivity index (χ4v) is 4.86. The van der Waals surface area contributed by atoms with Crippen LogP contribution in [0.4, 0.5) is 4.79 Å². The summed E-state index contributed by atoms with van der Waals surface area (Å²) in [5, 5.41) is 11.7. The lowest BCUT2D eigenvalue weighted by Crippen LogP contribution is -2.46. The monoisotopic (exact) mass is 436 g/mol. The van der Waals surface area contributed by atoms with Gasteiger partial charge in [0.1, 0.15) is 12.6 Å². The summed E-state index contributed by atoms with van der Waals surface area (Å²) in [6.45, 7) is 4.64. The third-order valence-corrected chi connectivity index (χ3v) is 6.56. The van der Waals surface area contributed by atoms with Gasteiger partial charge in [-0.1, -0.05) is 55.5 Å². The van der Waals surface area contributed by atoms with Crippen LogP contribution in [0.15, 0.2) is 48.5 Å². The number of carbonyl (C=O) groups is 3. The van der Waals surface area contributed by atoms with Crippen molar-refractivity contribution in [3.8, 4) is 11.1 Å². The Balaban J connectivity index is 1.34. The first-order valence-electron chi connectivity index (χ1n) is 11.0. The van der Waals surface area contributed by atoms with E-state index in [0.717, 1.165) is 22.3 Å². The number of fused-ring (bicyclic) bond motifs is 3. The van der Waals surface area contributed by atoms with Crippen molar-refractivity contribution < 1.29 is 24.2 Å². The van der Waals surface area contributed by atoms with Crippen LogP contribution in [0.1, 0.15) is 37.3 Å². The summed E-state index contributed by atoms with van der Waals surface area (Å²) in [4.78, 5) is 37.8. The summed E-state index contributed by atoms with van der Waals surface area (Å²) in [7, 11) is 0. The molecule has 3 atom stereocenters. The number of carbonyl (C=O) groups excluding carboxylic acids is 2. The first kappa shape index (κ1) is 21.9. The molecule has 0 bridgehead atoms. The summed E-state index contributed by atoms with van der Waals surface area (Å²) in [5.74, 6) is -1.09. The molecule has 0 spiro atoms. The van der Waals surface area contributed by atoms with E-state index in [4.69, 9.17) is 9.84 Å². The van der Waals surface area contributed by atoms with Crippen LogP contribution in [-0.2, 0) is 14.3 Å². The average Bonchev–Trinajstić information content (AvgIpc) is 3.29. The van der Waals surface area contributed by atoms with Crippen molar-refractivity contribution in [1.82, 2.24) is 10.2 Å². The van der Waals surface area contributed by atoms with Crippen molar-refractivity contribution >= 4 is 18.0 Å². The molecular weight excluding hydrogens is 408 g/mol. The van der Waals surface area contributed by atoms with E-state index in [0.29, 0.717) is 13.1 Å². The van der Waals surface area contributed by atoms with E-state index in [-0.39, 0.29) is 36.7 Å². The first-order valence-corrected chi connectivity index (χ1v) is 11.0. The van der Waals surface area contributed by atoms with Crippen molar-refractivity contribution in [3.63, 3.8) is 0 Å². The zero-order valence-corrected chi connectivity index (χ0v) is 18.3. The third-order valence-electron chi connectivity index (χ3n) is 6.56. The van der Waals surface area contributed by atoms with Gasteiger partial charge < -0.3 is 20.1 Å². The smallest absolute Gasteiger partial charge is 0.407 e. The van der Waals surface area contributed by atoms with Crippen molar-refractivity contribution in [3.05, 3.63) is 59.7 Å². The molecule has 1 saturated heterocycles. The molecule has 0 saturated carbocycles. The predicted molar refractivity (Wildman–Crippen MR) is 119 cm³/mol. The minimum atomic E-state index is -0.860. The topological polar surface area (TPSA) is 95.9 Å². The van der Waals surface area contributed by atoms with Gasteiger partial charge >= 0.3 is 12.1 Å². The van der Waals surface area contributed by atoms with Gasteiger partial charge in [0.2, 0.25) is 5.91 Å². The van der Waals surface area contributed by atoms with Gasteiger partial charge in [-0.25, -0.2) is 4.79 Å². The number of likely N-dealkylation sites (tertiary alicyclic amines) is 1. The van der Waals surface area contributed by atoms with E-state index in [1.807, 2.05) is 31.2 Å². The van der Waals surface area contributed by atoms with Gasteiger partial charge in [-0.05, 0) is 41.0 Å². The number of aliphatic carboxylic acids is 1. The van der Waals surface area contributed by atoms with Crippen LogP contribution in [0.5, 0.6) is 0 Å². The van der Waals surface area contributed by atoms with Crippen LogP contribution in [0.2, 0.25) is 0 Å². The number of benzene rings is 2. The van der Waals surface area contributed by atoms with E-state index >= 15 is 0 Å². The molecule has 2 N–H and O–H groups in total. The lowest BCUT2D eigenvalue weighted by molar-refractivity contribution is -0.138. The van der Waals surface area contributed by atoms with Crippen LogP contribution < -0.4 is 5.32 Å². The van der Waals surface area contributed by atoms with Gasteiger partial charge in [-0.2, -0.15) is 0 Å². The summed E-state index contributed by atoms with van der Waals surface area (Å²) in [6.07, 6.45) is -0.596. The molecule has 0 aromatic heterocycles. The average molecular weight is 437 g/mol. The molecule has 2 aromatic carbocycles. The molecule has 0 radical (unpaired) electrons. The van der Waals surface area contributed by atoms with Crippen molar-refractivity contribution in [2.75, 3.05) is 19.7 Å². The largest absolute Gasteiger partial charge is 0.481 e.